The first-order chi connectivity index (χ1) is 8.78. The Morgan fingerprint density at radius 3 is 2.33 bits per heavy atom. The molecule has 0 saturated heterocycles. The second-order valence-electron chi connectivity index (χ2n) is 3.33. The van der Waals surface area contributed by atoms with Gasteiger partial charge in [0.05, 0.1) is 21.9 Å². The summed E-state index contributed by atoms with van der Waals surface area (Å²) < 4.78 is 5.49. The summed E-state index contributed by atoms with van der Waals surface area (Å²) in [4.78, 5) is 12.4. The van der Waals surface area contributed by atoms with Gasteiger partial charge in [0, 0.05) is 18.6 Å². The Morgan fingerprint density at radius 2 is 1.72 bits per heavy atom. The zero-order chi connectivity index (χ0) is 12.5. The molecule has 0 spiro atoms. The number of hydrogen-bond donors (Lipinski definition) is 1. The Balaban J connectivity index is 1.71. The summed E-state index contributed by atoms with van der Waals surface area (Å²) in [7, 11) is 1.67. The average molecular weight is 352 g/mol. The number of carbonyl (C=O) groups is 1. The molecule has 18 heavy (non-hydrogen) atoms. The van der Waals surface area contributed by atoms with Gasteiger partial charge in [-0.2, -0.15) is 0 Å². The lowest BCUT2D eigenvalue weighted by Crippen LogP contribution is -2.17. The number of nitrogens with one attached hydrogen (secondary N) is 1. The van der Waals surface area contributed by atoms with Crippen molar-refractivity contribution in [2.24, 2.45) is 0 Å². The van der Waals surface area contributed by atoms with Crippen molar-refractivity contribution in [3.63, 3.8) is 0 Å². The lowest BCUT2D eigenvalue weighted by molar-refractivity contribution is -0.116. The Labute approximate surface area is 131 Å². The molecule has 3 aliphatic rings. The highest BCUT2D eigenvalue weighted by atomic mass is 32.3. The molecule has 1 N–H and O–H groups in total. The molecule has 96 valence electrons. The molecule has 0 fully saturated rings. The SMILES string of the molecule is CNC(=O)C1=CSC(=C2SC3=C(SCCS3)S2)S1. The summed E-state index contributed by atoms with van der Waals surface area (Å²) in [6.07, 6.45) is 0. The van der Waals surface area contributed by atoms with Crippen LogP contribution in [0.25, 0.3) is 0 Å². The average Bonchev–Trinajstić information content (AvgIpc) is 3.03. The van der Waals surface area contributed by atoms with Crippen molar-refractivity contribution >= 4 is 76.5 Å². The minimum atomic E-state index is 0.0116. The summed E-state index contributed by atoms with van der Waals surface area (Å²) >= 11 is 10.9. The molecule has 0 aromatic rings. The summed E-state index contributed by atoms with van der Waals surface area (Å²) in [5.74, 6) is 2.43. The molecule has 3 heterocycles. The number of amides is 1. The maximum absolute atomic E-state index is 11.6. The third-order valence-corrected chi connectivity index (χ3v) is 10.9. The summed E-state index contributed by atoms with van der Waals surface area (Å²) in [6.45, 7) is 0. The van der Waals surface area contributed by atoms with E-state index in [4.69, 9.17) is 0 Å². The van der Waals surface area contributed by atoms with Crippen LogP contribution in [0.1, 0.15) is 0 Å². The maximum Gasteiger partial charge on any atom is 0.258 e. The first-order valence-corrected chi connectivity index (χ1v) is 10.4. The molecule has 0 aromatic carbocycles. The number of rotatable bonds is 1. The topological polar surface area (TPSA) is 29.1 Å². The van der Waals surface area contributed by atoms with Crippen LogP contribution in [-0.4, -0.2) is 24.5 Å². The van der Waals surface area contributed by atoms with Gasteiger partial charge in [-0.3, -0.25) is 4.79 Å². The van der Waals surface area contributed by atoms with Crippen molar-refractivity contribution < 1.29 is 4.79 Å². The maximum atomic E-state index is 11.6. The van der Waals surface area contributed by atoms with Crippen LogP contribution >= 0.6 is 70.6 Å². The Morgan fingerprint density at radius 1 is 1.06 bits per heavy atom. The number of thioether (sulfide) groups is 6. The fourth-order valence-electron chi connectivity index (χ4n) is 1.37. The predicted molar refractivity (Wildman–Crippen MR) is 91.5 cm³/mol. The Hall–Kier alpha value is 0.790. The van der Waals surface area contributed by atoms with Crippen molar-refractivity contribution in [3.05, 3.63) is 27.3 Å². The molecule has 0 saturated carbocycles. The largest absolute Gasteiger partial charge is 0.355 e. The van der Waals surface area contributed by atoms with Crippen molar-refractivity contribution in [2.45, 2.75) is 0 Å². The molecule has 0 unspecified atom stereocenters. The van der Waals surface area contributed by atoms with E-state index in [-0.39, 0.29) is 5.91 Å². The van der Waals surface area contributed by atoms with Crippen LogP contribution in [0.3, 0.4) is 0 Å². The van der Waals surface area contributed by atoms with Gasteiger partial charge in [0.15, 0.2) is 0 Å². The molecule has 0 bridgehead atoms. The lowest BCUT2D eigenvalue weighted by atomic mass is 10.6. The number of carbonyl (C=O) groups excluding carboxylic acids is 1. The van der Waals surface area contributed by atoms with Crippen molar-refractivity contribution in [2.75, 3.05) is 18.6 Å². The molecule has 0 radical (unpaired) electrons. The van der Waals surface area contributed by atoms with E-state index in [9.17, 15) is 4.79 Å². The van der Waals surface area contributed by atoms with Gasteiger partial charge in [-0.1, -0.05) is 47.0 Å². The van der Waals surface area contributed by atoms with E-state index in [1.165, 1.54) is 28.5 Å². The van der Waals surface area contributed by atoms with Crippen LogP contribution in [0.5, 0.6) is 0 Å². The Bertz CT molecular complexity index is 475. The van der Waals surface area contributed by atoms with Gasteiger partial charge in [-0.25, -0.2) is 0 Å². The highest BCUT2D eigenvalue weighted by molar-refractivity contribution is 8.43. The summed E-state index contributed by atoms with van der Waals surface area (Å²) in [5.41, 5.74) is 0. The van der Waals surface area contributed by atoms with E-state index in [0.717, 1.165) is 4.91 Å². The molecule has 3 aliphatic heterocycles. The van der Waals surface area contributed by atoms with Crippen LogP contribution in [-0.2, 0) is 4.79 Å². The standard InChI is InChI=1S/C10H9NOS6/c1-11-6(12)5-4-15-9(16-5)10-17-7-8(18-10)14-3-2-13-7/h4H,2-3H2,1H3,(H,11,12). The van der Waals surface area contributed by atoms with Gasteiger partial charge in [-0.05, 0) is 5.41 Å². The summed E-state index contributed by atoms with van der Waals surface area (Å²) in [5, 5.41) is 4.62. The van der Waals surface area contributed by atoms with Crippen LogP contribution in [0.15, 0.2) is 27.3 Å². The first kappa shape index (κ1) is 13.8. The second-order valence-corrected chi connectivity index (χ2v) is 10.5. The molecule has 2 nitrogen and oxygen atoms in total. The predicted octanol–water partition coefficient (Wildman–Crippen LogP) is 4.27. The van der Waals surface area contributed by atoms with Crippen LogP contribution < -0.4 is 5.32 Å². The van der Waals surface area contributed by atoms with E-state index in [2.05, 4.69) is 5.32 Å². The molecular weight excluding hydrogens is 343 g/mol. The van der Waals surface area contributed by atoms with E-state index >= 15 is 0 Å². The van der Waals surface area contributed by atoms with Crippen molar-refractivity contribution in [3.8, 4) is 0 Å². The van der Waals surface area contributed by atoms with E-state index in [0.29, 0.717) is 0 Å². The number of hydrogen-bond acceptors (Lipinski definition) is 7. The monoisotopic (exact) mass is 351 g/mol. The zero-order valence-corrected chi connectivity index (χ0v) is 14.2. The van der Waals surface area contributed by atoms with Crippen LogP contribution in [0.2, 0.25) is 0 Å². The Kier molecular flexibility index (Phi) is 4.62. The minimum absolute atomic E-state index is 0.0116. The van der Waals surface area contributed by atoms with Crippen LogP contribution in [0, 0.1) is 0 Å². The fourth-order valence-corrected chi connectivity index (χ4v) is 9.85. The fraction of sp³-hybridized carbons (Fsp3) is 0.300. The van der Waals surface area contributed by atoms with Gasteiger partial charge in [0.1, 0.15) is 0 Å². The lowest BCUT2D eigenvalue weighted by Gasteiger charge is -2.08. The molecule has 3 rings (SSSR count). The molecule has 0 atom stereocenters. The third-order valence-electron chi connectivity index (χ3n) is 2.18. The van der Waals surface area contributed by atoms with Gasteiger partial charge in [-0.15, -0.1) is 23.5 Å². The van der Waals surface area contributed by atoms with E-state index < -0.39 is 0 Å². The van der Waals surface area contributed by atoms with Gasteiger partial charge in [0.25, 0.3) is 5.91 Å². The quantitative estimate of drug-likeness (QED) is 0.754. The molecular formula is C10H9NOS6. The number of likely N-dealkylation sites (N-methyl/N-ethyl adjacent to an activating group) is 1. The third kappa shape index (κ3) is 2.78. The smallest absolute Gasteiger partial charge is 0.258 e. The highest BCUT2D eigenvalue weighted by Gasteiger charge is 2.30. The minimum Gasteiger partial charge on any atom is -0.355 e. The van der Waals surface area contributed by atoms with Crippen LogP contribution in [0.4, 0.5) is 0 Å². The highest BCUT2D eigenvalue weighted by Crippen LogP contribution is 2.63. The van der Waals surface area contributed by atoms with Crippen molar-refractivity contribution in [1.82, 2.24) is 5.32 Å². The van der Waals surface area contributed by atoms with E-state index in [1.807, 2.05) is 52.5 Å². The first-order valence-electron chi connectivity index (χ1n) is 5.14. The summed E-state index contributed by atoms with van der Waals surface area (Å²) in [6, 6.07) is 0. The zero-order valence-electron chi connectivity index (χ0n) is 9.35. The van der Waals surface area contributed by atoms with Gasteiger partial charge < -0.3 is 5.32 Å². The van der Waals surface area contributed by atoms with Gasteiger partial charge >= 0.3 is 0 Å². The normalized spacial score (nSPS) is 23.3. The van der Waals surface area contributed by atoms with E-state index in [1.54, 1.807) is 30.6 Å². The second kappa shape index (κ2) is 6.05. The van der Waals surface area contributed by atoms with Gasteiger partial charge in [0.2, 0.25) is 0 Å². The molecule has 1 amide bonds. The van der Waals surface area contributed by atoms with Crippen molar-refractivity contribution in [1.29, 1.82) is 0 Å². The molecule has 0 aliphatic carbocycles. The molecule has 8 heteroatoms. The molecule has 0 aromatic heterocycles.